The number of rotatable bonds is 3. The van der Waals surface area contributed by atoms with Gasteiger partial charge in [0.15, 0.2) is 0 Å². The summed E-state index contributed by atoms with van der Waals surface area (Å²) in [7, 11) is -4.22. The number of anilines is 1. The number of benzene rings is 2. The molecule has 2 fully saturated rings. The summed E-state index contributed by atoms with van der Waals surface area (Å²) in [5.74, 6) is 0.215. The van der Waals surface area contributed by atoms with Crippen molar-refractivity contribution in [1.29, 1.82) is 0 Å². The number of alkyl halides is 3. The quantitative estimate of drug-likeness (QED) is 0.588. The lowest BCUT2D eigenvalue weighted by Gasteiger charge is -2.24. The Balaban J connectivity index is 1.49. The van der Waals surface area contributed by atoms with Crippen molar-refractivity contribution in [2.24, 2.45) is 5.92 Å². The van der Waals surface area contributed by atoms with E-state index in [1.807, 2.05) is 6.07 Å². The molecule has 2 saturated heterocycles. The van der Waals surface area contributed by atoms with E-state index >= 15 is 0 Å². The van der Waals surface area contributed by atoms with Crippen molar-refractivity contribution < 1.29 is 31.5 Å². The molecule has 1 aromatic heterocycles. The molecule has 34 heavy (non-hydrogen) atoms. The van der Waals surface area contributed by atoms with E-state index in [1.54, 1.807) is 12.1 Å². The van der Waals surface area contributed by atoms with Gasteiger partial charge in [-0.15, -0.1) is 0 Å². The molecular formula is C23H20F3N3O4S. The molecule has 0 aliphatic carbocycles. The summed E-state index contributed by atoms with van der Waals surface area (Å²) >= 11 is 0. The van der Waals surface area contributed by atoms with Gasteiger partial charge in [-0.05, 0) is 36.8 Å². The number of amides is 1. The second-order valence-corrected chi connectivity index (χ2v) is 10.5. The molecule has 1 N–H and O–H groups in total. The maximum Gasteiger partial charge on any atom is 0.416 e. The fraction of sp³-hybridized carbons (Fsp3) is 0.304. The number of aromatic nitrogens is 1. The lowest BCUT2D eigenvalue weighted by Crippen LogP contribution is -2.38. The summed E-state index contributed by atoms with van der Waals surface area (Å²) in [6.45, 7) is 1.70. The number of para-hydroxylation sites is 1. The van der Waals surface area contributed by atoms with Crippen LogP contribution in [0, 0.1) is 5.92 Å². The van der Waals surface area contributed by atoms with Crippen LogP contribution in [0.5, 0.6) is 0 Å². The molecule has 2 unspecified atom stereocenters. The van der Waals surface area contributed by atoms with Crippen LogP contribution in [0.25, 0.3) is 10.9 Å². The average molecular weight is 491 g/mol. The fourth-order valence-corrected chi connectivity index (χ4v) is 6.18. The van der Waals surface area contributed by atoms with Crippen molar-refractivity contribution in [3.05, 3.63) is 60.3 Å². The molecule has 0 spiro atoms. The van der Waals surface area contributed by atoms with E-state index in [1.165, 1.54) is 11.0 Å². The van der Waals surface area contributed by atoms with E-state index in [4.69, 9.17) is 0 Å². The summed E-state index contributed by atoms with van der Waals surface area (Å²) in [5.41, 5.74) is 0.271. The average Bonchev–Trinajstić information content (AvgIpc) is 3.38. The Labute approximate surface area is 193 Å². The van der Waals surface area contributed by atoms with E-state index in [2.05, 4.69) is 9.88 Å². The van der Waals surface area contributed by atoms with E-state index < -0.39 is 32.6 Å². The normalized spacial score (nSPS) is 20.7. The number of carboxylic acid groups (broad SMARTS) is 1. The van der Waals surface area contributed by atoms with Gasteiger partial charge in [-0.2, -0.15) is 13.2 Å². The highest BCUT2D eigenvalue weighted by Gasteiger charge is 2.43. The molecular weight excluding hydrogens is 471 g/mol. The third-order valence-electron chi connectivity index (χ3n) is 6.58. The molecule has 11 heteroatoms. The maximum absolute atomic E-state index is 13.1. The van der Waals surface area contributed by atoms with Crippen LogP contribution >= 0.6 is 0 Å². The highest BCUT2D eigenvalue weighted by molar-refractivity contribution is 7.91. The van der Waals surface area contributed by atoms with Crippen molar-refractivity contribution in [2.45, 2.75) is 28.4 Å². The Morgan fingerprint density at radius 3 is 2.56 bits per heavy atom. The van der Waals surface area contributed by atoms with E-state index in [9.17, 15) is 31.5 Å². The molecule has 0 bridgehead atoms. The predicted octanol–water partition coefficient (Wildman–Crippen LogP) is 4.27. The van der Waals surface area contributed by atoms with Crippen LogP contribution in [0.4, 0.5) is 23.7 Å². The standard InChI is InChI=1S/C23H20F3N3O4S/c24-23(25,26)16-4-2-5-17(10-16)34(32,33)18-9-14-3-1-6-19(21(14)27-11-18)28-12-15-7-8-29(22(30)31)20(15)13-28/h1-6,9-11,15,20H,7-8,12-13H2,(H,30,31). The van der Waals surface area contributed by atoms with Gasteiger partial charge < -0.3 is 14.9 Å². The largest absolute Gasteiger partial charge is 0.465 e. The molecule has 2 aliphatic rings. The zero-order chi connectivity index (χ0) is 24.3. The summed E-state index contributed by atoms with van der Waals surface area (Å²) in [5, 5.41) is 9.95. The molecule has 5 rings (SSSR count). The predicted molar refractivity (Wildman–Crippen MR) is 117 cm³/mol. The zero-order valence-corrected chi connectivity index (χ0v) is 18.6. The minimum atomic E-state index is -4.66. The first-order valence-corrected chi connectivity index (χ1v) is 12.1. The number of hydrogen-bond donors (Lipinski definition) is 1. The number of fused-ring (bicyclic) bond motifs is 2. The smallest absolute Gasteiger partial charge is 0.416 e. The number of hydrogen-bond acceptors (Lipinski definition) is 5. The minimum Gasteiger partial charge on any atom is -0.465 e. The summed E-state index contributed by atoms with van der Waals surface area (Å²) in [6.07, 6.45) is -3.66. The first-order valence-electron chi connectivity index (χ1n) is 10.6. The van der Waals surface area contributed by atoms with Crippen LogP contribution < -0.4 is 4.90 Å². The molecule has 2 atom stereocenters. The highest BCUT2D eigenvalue weighted by Crippen LogP contribution is 2.37. The van der Waals surface area contributed by atoms with Gasteiger partial charge in [0.2, 0.25) is 9.84 Å². The number of likely N-dealkylation sites (tertiary alicyclic amines) is 1. The summed E-state index contributed by atoms with van der Waals surface area (Å²) < 4.78 is 65.3. The fourth-order valence-electron chi connectivity index (χ4n) is 4.90. The van der Waals surface area contributed by atoms with Crippen LogP contribution in [-0.2, 0) is 16.0 Å². The minimum absolute atomic E-state index is 0.103. The van der Waals surface area contributed by atoms with Crippen molar-refractivity contribution in [2.75, 3.05) is 24.5 Å². The third kappa shape index (κ3) is 3.73. The van der Waals surface area contributed by atoms with E-state index in [-0.39, 0.29) is 16.9 Å². The number of nitrogens with zero attached hydrogens (tertiary/aromatic N) is 3. The molecule has 0 radical (unpaired) electrons. The second-order valence-electron chi connectivity index (χ2n) is 8.55. The highest BCUT2D eigenvalue weighted by atomic mass is 32.2. The third-order valence-corrected chi connectivity index (χ3v) is 8.30. The van der Waals surface area contributed by atoms with Crippen molar-refractivity contribution in [3.8, 4) is 0 Å². The molecule has 3 aromatic rings. The van der Waals surface area contributed by atoms with Gasteiger partial charge in [0.05, 0.1) is 32.6 Å². The molecule has 178 valence electrons. The maximum atomic E-state index is 13.1. The number of halogens is 3. The molecule has 7 nitrogen and oxygen atoms in total. The van der Waals surface area contributed by atoms with Gasteiger partial charge >= 0.3 is 12.3 Å². The van der Waals surface area contributed by atoms with Crippen LogP contribution in [0.15, 0.2) is 64.5 Å². The van der Waals surface area contributed by atoms with Gasteiger partial charge in [-0.3, -0.25) is 4.98 Å². The topological polar surface area (TPSA) is 90.8 Å². The van der Waals surface area contributed by atoms with Gasteiger partial charge in [0.25, 0.3) is 0 Å². The van der Waals surface area contributed by atoms with Gasteiger partial charge in [-0.1, -0.05) is 18.2 Å². The molecule has 2 aromatic carbocycles. The van der Waals surface area contributed by atoms with Gasteiger partial charge in [0.1, 0.15) is 0 Å². The Kier molecular flexibility index (Phi) is 5.19. The van der Waals surface area contributed by atoms with Crippen LogP contribution in [0.3, 0.4) is 0 Å². The van der Waals surface area contributed by atoms with Crippen molar-refractivity contribution >= 4 is 32.5 Å². The molecule has 0 saturated carbocycles. The van der Waals surface area contributed by atoms with Gasteiger partial charge in [0, 0.05) is 37.1 Å². The molecule has 2 aliphatic heterocycles. The van der Waals surface area contributed by atoms with Crippen LogP contribution in [-0.4, -0.2) is 55.2 Å². The Hall–Kier alpha value is -3.34. The van der Waals surface area contributed by atoms with Crippen LogP contribution in [0.2, 0.25) is 0 Å². The van der Waals surface area contributed by atoms with Gasteiger partial charge in [-0.25, -0.2) is 13.2 Å². The lowest BCUT2D eigenvalue weighted by atomic mass is 10.1. The first kappa shape index (κ1) is 22.5. The summed E-state index contributed by atoms with van der Waals surface area (Å²) in [6, 6.07) is 10.2. The van der Waals surface area contributed by atoms with E-state index in [0.717, 1.165) is 36.5 Å². The number of pyridine rings is 1. The number of sulfone groups is 1. The zero-order valence-electron chi connectivity index (χ0n) is 17.7. The Bertz CT molecular complexity index is 1390. The number of carbonyl (C=O) groups is 1. The SMILES string of the molecule is O=C(O)N1CCC2CN(c3cccc4cc(S(=O)(=O)c5cccc(C(F)(F)F)c5)cnc34)CC21. The Morgan fingerprint density at radius 2 is 1.82 bits per heavy atom. The monoisotopic (exact) mass is 491 g/mol. The molecule has 3 heterocycles. The van der Waals surface area contributed by atoms with Crippen molar-refractivity contribution in [3.63, 3.8) is 0 Å². The second kappa shape index (κ2) is 7.86. The molecule has 1 amide bonds. The van der Waals surface area contributed by atoms with Crippen molar-refractivity contribution in [1.82, 2.24) is 9.88 Å². The first-order chi connectivity index (χ1) is 16.1. The lowest BCUT2D eigenvalue weighted by molar-refractivity contribution is -0.137. The summed E-state index contributed by atoms with van der Waals surface area (Å²) in [4.78, 5) is 18.7. The Morgan fingerprint density at radius 1 is 1.06 bits per heavy atom. The van der Waals surface area contributed by atoms with Crippen LogP contribution in [0.1, 0.15) is 12.0 Å². The van der Waals surface area contributed by atoms with E-state index in [0.29, 0.717) is 36.6 Å².